The number of imidazole rings is 6. The summed E-state index contributed by atoms with van der Waals surface area (Å²) in [7, 11) is 0. The standard InChI is InChI=1S/C84H90N24O6/c1-37(2)61-73-91-68-43(13)103(73)49-19-25-55(85-31-49)56-27-21-52(33-87-56)106-46(16)70-82(112)101-66(42(11)12)78-96-72-48(18)108(78)54-24-30-60(90-36-54)59-28-22-51(34-88-59)105-45(15)69(93-75(105)63(39(5)6)98-80(68)110)81(111)99-62(38(3)4)74-92-67(79(109)97-61)44(14)104(74)50-20-26-57(86-32-50)58-29-23-53(35-89-58)107-47(17)71(83(113)100-64(40(7)8)76(106)94-70)95-77(107)65(41(9)10)102-84(72)114/h19-42,61-66H,1-18H3,(H,97,109)(H,98,110)(H,99,111)(H,100,113)(H,101,112)(H,102,114)/t61-,62-,63-,64-,65-,66-/m0/s1. The van der Waals surface area contributed by atoms with Crippen molar-refractivity contribution < 1.29 is 28.8 Å². The van der Waals surface area contributed by atoms with Gasteiger partial charge in [-0.15, -0.1) is 0 Å². The summed E-state index contributed by atoms with van der Waals surface area (Å²) in [6, 6.07) is 16.7. The third-order valence-corrected chi connectivity index (χ3v) is 22.3. The molecule has 30 bridgehead atoms. The number of carbonyl (C=O) groups is 6. The van der Waals surface area contributed by atoms with Crippen molar-refractivity contribution >= 4 is 35.4 Å². The maximum Gasteiger partial charge on any atom is 0.272 e. The van der Waals surface area contributed by atoms with Crippen LogP contribution in [0.25, 0.3) is 68.3 Å². The molecule has 23 aliphatic rings. The monoisotopic (exact) mass is 1530 g/mol. The van der Waals surface area contributed by atoms with E-state index in [2.05, 4.69) is 31.9 Å². The van der Waals surface area contributed by atoms with E-state index in [0.29, 0.717) is 137 Å². The molecule has 0 spiro atoms. The smallest absolute Gasteiger partial charge is 0.272 e. The highest BCUT2D eigenvalue weighted by molar-refractivity contribution is 5.98. The van der Waals surface area contributed by atoms with Gasteiger partial charge in [0.05, 0.1) is 176 Å². The summed E-state index contributed by atoms with van der Waals surface area (Å²) >= 11 is 0. The third-order valence-electron chi connectivity index (χ3n) is 22.3. The van der Waals surface area contributed by atoms with Crippen LogP contribution in [0.15, 0.2) is 110 Å². The lowest BCUT2D eigenvalue weighted by Crippen LogP contribution is -2.35. The number of aromatic nitrogens is 18. The zero-order valence-corrected chi connectivity index (χ0v) is 66.8. The summed E-state index contributed by atoms with van der Waals surface area (Å²) in [5.74, 6) is -3.60. The first kappa shape index (κ1) is 75.0. The van der Waals surface area contributed by atoms with E-state index in [1.807, 2.05) is 183 Å². The van der Waals surface area contributed by atoms with E-state index in [1.165, 1.54) is 0 Å². The SMILES string of the molecule is Cc1c2nc3n1-c1ccc(nc1)-c1ccc(cn1)-n1c4nc(c1C)C(=O)N[C@@H](C(C)C)c1nc5c(C)n1-c1ccc(nc1)-c1ccc(cn1)-n1c(nc(c1C)C(=O)N[C@@H](C(C)C)c1nc(c(C)n1-c1ccc(nc1)-c1ccc(cn1)-n1c(nc(c1C)C(=O)N[C@H]4C(C)C)[C@H](C(C)C)NC5=O)C(=O)N[C@H]3C(C)C)[C@H](C(C)C)NC2=O. The number of hydrogen-bond acceptors (Lipinski definition) is 18. The van der Waals surface area contributed by atoms with Crippen molar-refractivity contribution in [3.05, 3.63) is 213 Å². The van der Waals surface area contributed by atoms with Crippen LogP contribution < -0.4 is 31.9 Å². The molecule has 582 valence electrons. The highest BCUT2D eigenvalue weighted by atomic mass is 16.2. The quantitative estimate of drug-likeness (QED) is 0.0900. The van der Waals surface area contributed by atoms with Gasteiger partial charge in [0.2, 0.25) is 0 Å². The molecule has 0 radical (unpaired) electrons. The van der Waals surface area contributed by atoms with Crippen LogP contribution in [0.2, 0.25) is 0 Å². The Balaban J connectivity index is 1.01. The molecule has 35 rings (SSSR count). The second-order valence-electron chi connectivity index (χ2n) is 32.0. The Labute approximate surface area is 658 Å². The van der Waals surface area contributed by atoms with Gasteiger partial charge in [-0.2, -0.15) is 0 Å². The van der Waals surface area contributed by atoms with E-state index >= 15 is 28.8 Å². The average molecular weight is 1530 g/mol. The van der Waals surface area contributed by atoms with Crippen molar-refractivity contribution in [1.29, 1.82) is 0 Å². The van der Waals surface area contributed by atoms with Crippen LogP contribution >= 0.6 is 0 Å². The molecule has 35 heterocycles. The molecule has 0 aliphatic carbocycles. The molecule has 114 heavy (non-hydrogen) atoms. The van der Waals surface area contributed by atoms with Crippen molar-refractivity contribution in [3.63, 3.8) is 0 Å². The van der Waals surface area contributed by atoms with Crippen molar-refractivity contribution in [3.8, 4) is 68.3 Å². The lowest BCUT2D eigenvalue weighted by Gasteiger charge is -2.23. The van der Waals surface area contributed by atoms with Crippen LogP contribution in [0.4, 0.5) is 0 Å². The Bertz CT molecular complexity index is 4950. The Morgan fingerprint density at radius 1 is 0.228 bits per heavy atom. The highest BCUT2D eigenvalue weighted by Gasteiger charge is 2.41. The number of pyridine rings is 6. The summed E-state index contributed by atoms with van der Waals surface area (Å²) in [5.41, 5.74) is 8.68. The molecule has 23 aliphatic heterocycles. The van der Waals surface area contributed by atoms with Crippen molar-refractivity contribution in [2.75, 3.05) is 0 Å². The molecular formula is C84H90N24O6. The molecule has 6 amide bonds. The van der Waals surface area contributed by atoms with Crippen LogP contribution in [0, 0.1) is 77.0 Å². The molecule has 12 aromatic heterocycles. The van der Waals surface area contributed by atoms with E-state index in [1.54, 1.807) is 78.7 Å². The minimum atomic E-state index is -0.886. The van der Waals surface area contributed by atoms with Gasteiger partial charge in [0.25, 0.3) is 35.4 Å². The first-order chi connectivity index (χ1) is 54.5. The van der Waals surface area contributed by atoms with Gasteiger partial charge >= 0.3 is 0 Å². The van der Waals surface area contributed by atoms with Crippen molar-refractivity contribution in [2.24, 2.45) is 35.5 Å². The first-order valence-electron chi connectivity index (χ1n) is 38.7. The average Bonchev–Trinajstić information content (AvgIpc) is 1.60. The zero-order chi connectivity index (χ0) is 80.6. The predicted molar refractivity (Wildman–Crippen MR) is 424 cm³/mol. The fraction of sp³-hybridized carbons (Fsp3) is 0.357. The van der Waals surface area contributed by atoms with Gasteiger partial charge in [-0.1, -0.05) is 83.1 Å². The second-order valence-corrected chi connectivity index (χ2v) is 32.0. The van der Waals surface area contributed by atoms with Crippen molar-refractivity contribution in [2.45, 2.75) is 161 Å². The minimum Gasteiger partial charge on any atom is -0.340 e. The maximum absolute atomic E-state index is 15.7. The Kier molecular flexibility index (Phi) is 18.8. The van der Waals surface area contributed by atoms with Gasteiger partial charge in [-0.3, -0.25) is 86.1 Å². The van der Waals surface area contributed by atoms with Crippen LogP contribution in [-0.2, 0) is 0 Å². The predicted octanol–water partition coefficient (Wildman–Crippen LogP) is 12.0. The van der Waals surface area contributed by atoms with Crippen LogP contribution in [-0.4, -0.2) is 123 Å². The molecule has 30 heteroatoms. The summed E-state index contributed by atoms with van der Waals surface area (Å²) in [4.78, 5) is 156. The largest absolute Gasteiger partial charge is 0.340 e. The van der Waals surface area contributed by atoms with Gasteiger partial charge in [-0.25, -0.2) is 29.9 Å². The molecule has 12 aromatic rings. The van der Waals surface area contributed by atoms with E-state index in [-0.39, 0.29) is 69.7 Å². The maximum atomic E-state index is 15.7. The van der Waals surface area contributed by atoms with Crippen LogP contribution in [0.3, 0.4) is 0 Å². The van der Waals surface area contributed by atoms with E-state index in [4.69, 9.17) is 59.8 Å². The van der Waals surface area contributed by atoms with Gasteiger partial charge < -0.3 is 31.9 Å². The van der Waals surface area contributed by atoms with E-state index < -0.39 is 71.7 Å². The summed E-state index contributed by atoms with van der Waals surface area (Å²) in [5, 5.41) is 20.0. The fourth-order valence-electron chi connectivity index (χ4n) is 16.1. The minimum absolute atomic E-state index is 0.0478. The van der Waals surface area contributed by atoms with Gasteiger partial charge in [0.15, 0.2) is 0 Å². The molecule has 6 N–H and O–H groups in total. The molecule has 0 aromatic carbocycles. The fourth-order valence-corrected chi connectivity index (χ4v) is 16.1. The van der Waals surface area contributed by atoms with Gasteiger partial charge in [0.1, 0.15) is 69.1 Å². The molecule has 6 atom stereocenters. The van der Waals surface area contributed by atoms with Crippen LogP contribution in [0.5, 0.6) is 0 Å². The van der Waals surface area contributed by atoms with Gasteiger partial charge in [-0.05, 0) is 150 Å². The molecule has 0 saturated carbocycles. The Hall–Kier alpha value is -13.0. The molecule has 0 saturated heterocycles. The van der Waals surface area contributed by atoms with Crippen molar-refractivity contribution in [1.82, 2.24) is 119 Å². The number of rotatable bonds is 6. The highest BCUT2D eigenvalue weighted by Crippen LogP contribution is 2.39. The second kappa shape index (κ2) is 28.6. The Morgan fingerprint density at radius 2 is 0.360 bits per heavy atom. The first-order valence-corrected chi connectivity index (χ1v) is 38.7. The number of amides is 6. The molecule has 0 fully saturated rings. The summed E-state index contributed by atoms with van der Waals surface area (Å²) in [6.45, 7) is 34.2. The molecular weight excluding hydrogens is 1440 g/mol. The number of nitrogens with one attached hydrogen (secondary N) is 6. The lowest BCUT2D eigenvalue weighted by atomic mass is 10.0. The van der Waals surface area contributed by atoms with Crippen LogP contribution in [0.1, 0.15) is 251 Å². The van der Waals surface area contributed by atoms with E-state index in [9.17, 15) is 0 Å². The van der Waals surface area contributed by atoms with E-state index in [0.717, 1.165) is 0 Å². The van der Waals surface area contributed by atoms with Gasteiger partial charge in [0, 0.05) is 0 Å². The zero-order valence-electron chi connectivity index (χ0n) is 66.8. The number of nitrogens with zero attached hydrogens (tertiary/aromatic N) is 18. The third kappa shape index (κ3) is 12.6. The number of hydrogen-bond donors (Lipinski definition) is 6. The lowest BCUT2D eigenvalue weighted by molar-refractivity contribution is 0.0901. The summed E-state index contributed by atoms with van der Waals surface area (Å²) < 4.78 is 11.0. The number of carbonyl (C=O) groups excluding carboxylic acids is 6. The summed E-state index contributed by atoms with van der Waals surface area (Å²) in [6.07, 6.45) is 10.00. The molecule has 0 unspecified atom stereocenters. The Morgan fingerprint density at radius 3 is 0.465 bits per heavy atom. The normalized spacial score (nSPS) is 18.2. The topological polar surface area (TPSA) is 359 Å². The molecule has 30 nitrogen and oxygen atoms in total.